The number of benzene rings is 1. The Bertz CT molecular complexity index is 847. The molecule has 0 saturated heterocycles. The van der Waals surface area contributed by atoms with Crippen LogP contribution in [0.15, 0.2) is 38.6 Å². The number of fused-ring (bicyclic) bond motifs is 3. The van der Waals surface area contributed by atoms with Crippen LogP contribution in [0.3, 0.4) is 0 Å². The fourth-order valence-electron chi connectivity index (χ4n) is 4.48. The Kier molecular flexibility index (Phi) is 3.87. The number of halogens is 1. The Morgan fingerprint density at radius 1 is 1.44 bits per heavy atom. The summed E-state index contributed by atoms with van der Waals surface area (Å²) in [4.78, 5) is 11.2. The van der Waals surface area contributed by atoms with E-state index in [-0.39, 0.29) is 5.41 Å². The van der Waals surface area contributed by atoms with Crippen LogP contribution in [-0.2, 0) is 17.0 Å². The first-order valence-electron chi connectivity index (χ1n) is 8.38. The van der Waals surface area contributed by atoms with Crippen LogP contribution in [0.4, 0.5) is 0 Å². The Hall–Kier alpha value is -1.23. The number of rotatable bonds is 0. The van der Waals surface area contributed by atoms with Gasteiger partial charge >= 0.3 is 0 Å². The highest BCUT2D eigenvalue weighted by molar-refractivity contribution is 9.10. The molecule has 3 atom stereocenters. The molecular weight excluding hydrogens is 399 g/mol. The minimum absolute atomic E-state index is 0.219. The van der Waals surface area contributed by atoms with Crippen molar-refractivity contribution in [1.29, 1.82) is 5.41 Å². The zero-order valence-electron chi connectivity index (χ0n) is 14.4. The standard InChI is InChI=1S/C18H22BrN4OP/c1-10(25)13-9-17(6-5-15(13)20)8-11-3-4-12(19)7-14(11)18(17)22-16(21)23(2)24-18/h3-4,7,20H,5-6,8-9,25H2,1-2H3,(H2,21,22)/b13-10-,20-15?. The summed E-state index contributed by atoms with van der Waals surface area (Å²) < 4.78 is 1.01. The maximum Gasteiger partial charge on any atom is 0.221 e. The zero-order valence-corrected chi connectivity index (χ0v) is 17.1. The average Bonchev–Trinajstić information content (AvgIpc) is 2.99. The molecule has 1 saturated carbocycles. The molecule has 0 aromatic heterocycles. The highest BCUT2D eigenvalue weighted by atomic mass is 79.9. The van der Waals surface area contributed by atoms with Gasteiger partial charge in [-0.1, -0.05) is 27.3 Å². The largest absolute Gasteiger partial charge is 0.368 e. The molecule has 0 bridgehead atoms. The predicted octanol–water partition coefficient (Wildman–Crippen LogP) is 3.69. The average molecular weight is 421 g/mol. The van der Waals surface area contributed by atoms with E-state index in [0.717, 1.165) is 52.3 Å². The summed E-state index contributed by atoms with van der Waals surface area (Å²) in [5.74, 6) is 0.404. The smallest absolute Gasteiger partial charge is 0.221 e. The second-order valence-electron chi connectivity index (χ2n) is 7.28. The summed E-state index contributed by atoms with van der Waals surface area (Å²) in [5.41, 5.74) is 9.27. The Labute approximate surface area is 158 Å². The lowest BCUT2D eigenvalue weighted by Crippen LogP contribution is -2.46. The SMILES string of the molecule is C/C(P)=C1\CC2(CCC1=N)Cc1ccc(Br)cc1C21N=C(N)N(C)O1. The highest BCUT2D eigenvalue weighted by Crippen LogP contribution is 2.62. The summed E-state index contributed by atoms with van der Waals surface area (Å²) in [5, 5.41) is 11.1. The summed E-state index contributed by atoms with van der Waals surface area (Å²) in [7, 11) is 4.56. The topological polar surface area (TPSA) is 74.7 Å². The van der Waals surface area contributed by atoms with E-state index in [9.17, 15) is 0 Å². The van der Waals surface area contributed by atoms with Gasteiger partial charge in [-0.2, -0.15) is 0 Å². The molecule has 2 aliphatic carbocycles. The molecule has 0 amide bonds. The molecule has 1 heterocycles. The predicted molar refractivity (Wildman–Crippen MR) is 106 cm³/mol. The molecule has 3 unspecified atom stereocenters. The lowest BCUT2D eigenvalue weighted by Gasteiger charge is -2.44. The summed E-state index contributed by atoms with van der Waals surface area (Å²) in [6.45, 7) is 2.05. The third-order valence-electron chi connectivity index (χ3n) is 5.76. The van der Waals surface area contributed by atoms with Crippen molar-refractivity contribution in [2.45, 2.75) is 38.3 Å². The third-order valence-corrected chi connectivity index (χ3v) is 6.60. The lowest BCUT2D eigenvalue weighted by atomic mass is 9.65. The van der Waals surface area contributed by atoms with Crippen molar-refractivity contribution in [3.8, 4) is 0 Å². The monoisotopic (exact) mass is 420 g/mol. The molecule has 4 rings (SSSR count). The van der Waals surface area contributed by atoms with Gasteiger partial charge in [0.15, 0.2) is 0 Å². The molecule has 2 spiro atoms. The van der Waals surface area contributed by atoms with Crippen LogP contribution < -0.4 is 5.73 Å². The van der Waals surface area contributed by atoms with Gasteiger partial charge in [-0.15, -0.1) is 9.24 Å². The molecule has 1 fully saturated rings. The van der Waals surface area contributed by atoms with Crippen LogP contribution in [0.25, 0.3) is 0 Å². The number of hydroxylamine groups is 2. The van der Waals surface area contributed by atoms with E-state index >= 15 is 0 Å². The molecule has 132 valence electrons. The lowest BCUT2D eigenvalue weighted by molar-refractivity contribution is -0.223. The van der Waals surface area contributed by atoms with Crippen LogP contribution in [0.5, 0.6) is 0 Å². The van der Waals surface area contributed by atoms with Crippen molar-refractivity contribution < 1.29 is 4.84 Å². The Morgan fingerprint density at radius 3 is 2.84 bits per heavy atom. The van der Waals surface area contributed by atoms with Gasteiger partial charge < -0.3 is 11.1 Å². The van der Waals surface area contributed by atoms with Crippen LogP contribution in [0.1, 0.15) is 37.3 Å². The van der Waals surface area contributed by atoms with Gasteiger partial charge in [0, 0.05) is 28.2 Å². The van der Waals surface area contributed by atoms with E-state index < -0.39 is 5.72 Å². The van der Waals surface area contributed by atoms with Crippen molar-refractivity contribution in [3.63, 3.8) is 0 Å². The first-order chi connectivity index (χ1) is 11.8. The number of aliphatic imine (C=N–C) groups is 1. The maximum absolute atomic E-state index is 8.37. The van der Waals surface area contributed by atoms with Crippen molar-refractivity contribution in [3.05, 3.63) is 44.7 Å². The maximum atomic E-state index is 8.37. The van der Waals surface area contributed by atoms with Crippen LogP contribution in [-0.4, -0.2) is 23.8 Å². The van der Waals surface area contributed by atoms with Crippen molar-refractivity contribution in [2.24, 2.45) is 16.1 Å². The Morgan fingerprint density at radius 2 is 2.20 bits per heavy atom. The summed E-state index contributed by atoms with van der Waals surface area (Å²) in [6, 6.07) is 6.33. The first kappa shape index (κ1) is 17.2. The first-order valence-corrected chi connectivity index (χ1v) is 9.75. The van der Waals surface area contributed by atoms with Crippen molar-refractivity contribution >= 4 is 36.8 Å². The van der Waals surface area contributed by atoms with E-state index in [1.807, 2.05) is 0 Å². The number of guanidine groups is 1. The van der Waals surface area contributed by atoms with Gasteiger partial charge in [-0.25, -0.2) is 14.9 Å². The number of allylic oxidation sites excluding steroid dienone is 2. The van der Waals surface area contributed by atoms with Gasteiger partial charge in [0.25, 0.3) is 0 Å². The minimum atomic E-state index is -0.809. The van der Waals surface area contributed by atoms with E-state index in [4.69, 9.17) is 21.0 Å². The number of hydrogen-bond acceptors (Lipinski definition) is 5. The minimum Gasteiger partial charge on any atom is -0.368 e. The second kappa shape index (κ2) is 5.63. The number of nitrogens with one attached hydrogen (secondary N) is 1. The fraction of sp³-hybridized carbons (Fsp3) is 0.444. The van der Waals surface area contributed by atoms with Crippen molar-refractivity contribution in [1.82, 2.24) is 5.06 Å². The molecule has 1 aliphatic heterocycles. The van der Waals surface area contributed by atoms with E-state index in [2.05, 4.69) is 50.3 Å². The number of nitrogens with two attached hydrogens (primary N) is 1. The summed E-state index contributed by atoms with van der Waals surface area (Å²) >= 11 is 3.59. The van der Waals surface area contributed by atoms with Gasteiger partial charge in [-0.3, -0.25) is 0 Å². The molecule has 1 aromatic rings. The van der Waals surface area contributed by atoms with Gasteiger partial charge in [0.05, 0.1) is 0 Å². The quantitative estimate of drug-likeness (QED) is 0.628. The molecule has 5 nitrogen and oxygen atoms in total. The van der Waals surface area contributed by atoms with E-state index in [1.165, 1.54) is 5.56 Å². The second-order valence-corrected chi connectivity index (χ2v) is 9.06. The normalized spacial score (nSPS) is 33.2. The molecule has 0 radical (unpaired) electrons. The van der Waals surface area contributed by atoms with Crippen molar-refractivity contribution in [2.75, 3.05) is 7.05 Å². The number of nitrogens with zero attached hydrogens (tertiary/aromatic N) is 2. The number of hydrogen-bond donors (Lipinski definition) is 2. The van der Waals surface area contributed by atoms with E-state index in [0.29, 0.717) is 5.96 Å². The fourth-order valence-corrected chi connectivity index (χ4v) is 5.11. The Balaban J connectivity index is 1.92. The van der Waals surface area contributed by atoms with Gasteiger partial charge in [0.2, 0.25) is 11.7 Å². The van der Waals surface area contributed by atoms with Gasteiger partial charge in [0.1, 0.15) is 0 Å². The van der Waals surface area contributed by atoms with E-state index in [1.54, 1.807) is 12.1 Å². The highest BCUT2D eigenvalue weighted by Gasteiger charge is 2.63. The van der Waals surface area contributed by atoms with Gasteiger partial charge in [-0.05, 0) is 55.9 Å². The van der Waals surface area contributed by atoms with Crippen LogP contribution >= 0.6 is 25.2 Å². The third kappa shape index (κ3) is 2.34. The molecule has 25 heavy (non-hydrogen) atoms. The van der Waals surface area contributed by atoms with Crippen LogP contribution in [0.2, 0.25) is 0 Å². The van der Waals surface area contributed by atoms with Crippen LogP contribution in [0, 0.1) is 10.8 Å². The molecule has 1 aromatic carbocycles. The zero-order chi connectivity index (χ0) is 18.0. The molecule has 3 aliphatic rings. The molecule has 3 N–H and O–H groups in total. The molecular formula is C18H22BrN4OP. The molecule has 7 heteroatoms. The summed E-state index contributed by atoms with van der Waals surface area (Å²) in [6.07, 6.45) is 3.26.